The quantitative estimate of drug-likeness (QED) is 0.120. The molecule has 0 aliphatic heterocycles. The molecule has 4 N–H and O–H groups in total. The smallest absolute Gasteiger partial charge is 0.478 e. The second-order valence-electron chi connectivity index (χ2n) is 10.2. The number of alkyl halides is 6. The predicted molar refractivity (Wildman–Crippen MR) is 159 cm³/mol. The van der Waals surface area contributed by atoms with Crippen molar-refractivity contribution in [3.8, 4) is 10.6 Å². The number of aromatic nitrogens is 3. The third kappa shape index (κ3) is 9.25. The molecule has 1 amide bonds. The maximum absolute atomic E-state index is 13.2. The monoisotopic (exact) mass is 681 g/mol. The van der Waals surface area contributed by atoms with Gasteiger partial charge in [-0.25, -0.2) is 24.5 Å². The molecule has 47 heavy (non-hydrogen) atoms. The van der Waals surface area contributed by atoms with Gasteiger partial charge in [0.25, 0.3) is 0 Å². The minimum Gasteiger partial charge on any atom is -0.478 e. The normalized spacial score (nSPS) is 14.6. The van der Waals surface area contributed by atoms with Crippen LogP contribution in [0.5, 0.6) is 0 Å². The molecular weight excluding hydrogens is 656 g/mol. The molecule has 1 unspecified atom stereocenters. The molecule has 1 aliphatic rings. The Morgan fingerprint density at radius 2 is 1.66 bits per heavy atom. The number of rotatable bonds is 6. The topological polar surface area (TPSA) is 154 Å². The first kappa shape index (κ1) is 34.8. The number of thiazole rings is 1. The zero-order valence-corrected chi connectivity index (χ0v) is 25.1. The lowest BCUT2D eigenvalue weighted by atomic mass is 9.92. The van der Waals surface area contributed by atoms with E-state index in [0.29, 0.717) is 16.3 Å². The van der Waals surface area contributed by atoms with Crippen molar-refractivity contribution >= 4 is 46.5 Å². The highest BCUT2D eigenvalue weighted by molar-refractivity contribution is 7.15. The van der Waals surface area contributed by atoms with Gasteiger partial charge < -0.3 is 20.8 Å². The summed E-state index contributed by atoms with van der Waals surface area (Å²) in [6.45, 7) is 1.35. The average molecular weight is 682 g/mol. The summed E-state index contributed by atoms with van der Waals surface area (Å²) in [7, 11) is 0. The number of halogens is 6. The van der Waals surface area contributed by atoms with Gasteiger partial charge in [0.1, 0.15) is 16.6 Å². The Labute approximate surface area is 266 Å². The highest BCUT2D eigenvalue weighted by Crippen LogP contribution is 2.40. The third-order valence-electron chi connectivity index (χ3n) is 6.76. The van der Waals surface area contributed by atoms with Crippen LogP contribution in [-0.2, 0) is 22.2 Å². The molecule has 0 spiro atoms. The number of nitrogens with zero attached hydrogens (tertiary/aromatic N) is 3. The van der Waals surface area contributed by atoms with Crippen LogP contribution >= 0.6 is 11.3 Å². The van der Waals surface area contributed by atoms with Crippen molar-refractivity contribution in [2.45, 2.75) is 50.9 Å². The Morgan fingerprint density at radius 3 is 2.30 bits per heavy atom. The van der Waals surface area contributed by atoms with Crippen LogP contribution in [0.1, 0.15) is 64.2 Å². The number of hydrogen-bond donors (Lipinski definition) is 4. The van der Waals surface area contributed by atoms with E-state index in [1.165, 1.54) is 24.3 Å². The summed E-state index contributed by atoms with van der Waals surface area (Å²) in [6.07, 6.45) is -3.30. The number of benzene rings is 1. The Morgan fingerprint density at radius 1 is 0.936 bits per heavy atom. The first-order valence-electron chi connectivity index (χ1n) is 13.7. The molecule has 1 atom stereocenters. The first-order chi connectivity index (χ1) is 22.0. The van der Waals surface area contributed by atoms with Crippen LogP contribution in [0.2, 0.25) is 0 Å². The van der Waals surface area contributed by atoms with Gasteiger partial charge >= 0.3 is 24.3 Å². The molecule has 0 bridgehead atoms. The fraction of sp³-hybridized carbons (Fsp3) is 0.267. The number of nitrogens with one attached hydrogen (secondary N) is 2. The number of carboxylic acids is 2. The number of aryl methyl sites for hydroxylation is 1. The van der Waals surface area contributed by atoms with E-state index >= 15 is 0 Å². The number of aliphatic carboxylic acids is 1. The van der Waals surface area contributed by atoms with Gasteiger partial charge in [-0.2, -0.15) is 26.3 Å². The van der Waals surface area contributed by atoms with Gasteiger partial charge in [0.15, 0.2) is 0 Å². The summed E-state index contributed by atoms with van der Waals surface area (Å²) in [6, 6.07) is 10.2. The number of fused-ring (bicyclic) bond motifs is 1. The SMILES string of the molecule is CC(=O)Nc1cc(Nc2cc(C(F)(F)F)ccn2)nc(-c2cnc(C3CCCCc4cc(C(=O)O)ccc43)s2)c1.O=C(O)C(F)(F)F. The molecule has 10 nitrogen and oxygen atoms in total. The fourth-order valence-electron chi connectivity index (χ4n) is 4.74. The lowest BCUT2D eigenvalue weighted by molar-refractivity contribution is -0.192. The molecule has 5 rings (SSSR count). The highest BCUT2D eigenvalue weighted by Gasteiger charge is 2.38. The number of carbonyl (C=O) groups excluding carboxylic acids is 1. The molecule has 3 heterocycles. The van der Waals surface area contributed by atoms with Crippen LogP contribution in [0.4, 0.5) is 43.7 Å². The predicted octanol–water partition coefficient (Wildman–Crippen LogP) is 7.51. The Bertz CT molecular complexity index is 1790. The van der Waals surface area contributed by atoms with Crippen molar-refractivity contribution in [2.24, 2.45) is 0 Å². The summed E-state index contributed by atoms with van der Waals surface area (Å²) < 4.78 is 71.3. The standard InChI is InChI=1S/C28H24F3N5O3S.C2HF3O2/c1-15(37)34-19-12-22(35-25(13-19)36-24-11-18(8-9-32-24)28(29,30)31)23-14-33-26(40-23)21-5-3-2-4-16-10-17(27(38)39)6-7-20(16)21;3-2(4,5)1(6)7/h6-14,21H,2-5H2,1H3,(H,38,39)(H2,32,34,35,36,37);(H,6,7). The molecule has 4 aromatic rings. The second-order valence-corrected chi connectivity index (χ2v) is 11.3. The molecular formula is C30H25F6N5O5S. The van der Waals surface area contributed by atoms with Crippen LogP contribution in [0, 0.1) is 0 Å². The number of hydrogen-bond acceptors (Lipinski definition) is 8. The van der Waals surface area contributed by atoms with Gasteiger partial charge in [0, 0.05) is 37.0 Å². The zero-order valence-electron chi connectivity index (χ0n) is 24.2. The van der Waals surface area contributed by atoms with Crippen molar-refractivity contribution in [2.75, 3.05) is 10.6 Å². The summed E-state index contributed by atoms with van der Waals surface area (Å²) in [4.78, 5) is 46.1. The van der Waals surface area contributed by atoms with E-state index in [9.17, 15) is 41.0 Å². The molecule has 0 fully saturated rings. The molecule has 1 aliphatic carbocycles. The maximum Gasteiger partial charge on any atom is 0.490 e. The van der Waals surface area contributed by atoms with Crippen molar-refractivity contribution < 1.29 is 50.9 Å². The fourth-order valence-corrected chi connectivity index (χ4v) is 5.77. The molecule has 0 radical (unpaired) electrons. The van der Waals surface area contributed by atoms with Crippen molar-refractivity contribution in [1.29, 1.82) is 0 Å². The minimum atomic E-state index is -5.08. The van der Waals surface area contributed by atoms with Crippen molar-refractivity contribution in [3.63, 3.8) is 0 Å². The van der Waals surface area contributed by atoms with Gasteiger partial charge in [-0.15, -0.1) is 11.3 Å². The minimum absolute atomic E-state index is 0.00970. The van der Waals surface area contributed by atoms with Gasteiger partial charge in [-0.05, 0) is 60.7 Å². The Kier molecular flexibility index (Phi) is 10.5. The summed E-state index contributed by atoms with van der Waals surface area (Å²) >= 11 is 1.43. The van der Waals surface area contributed by atoms with E-state index in [0.717, 1.165) is 60.1 Å². The van der Waals surface area contributed by atoms with Crippen LogP contribution < -0.4 is 10.6 Å². The number of anilines is 3. The van der Waals surface area contributed by atoms with Crippen LogP contribution in [-0.4, -0.2) is 49.2 Å². The van der Waals surface area contributed by atoms with E-state index in [2.05, 4.69) is 25.6 Å². The zero-order chi connectivity index (χ0) is 34.5. The first-order valence-corrected chi connectivity index (χ1v) is 14.5. The van der Waals surface area contributed by atoms with Crippen molar-refractivity contribution in [1.82, 2.24) is 15.0 Å². The highest BCUT2D eigenvalue weighted by atomic mass is 32.1. The van der Waals surface area contributed by atoms with E-state index in [4.69, 9.17) is 9.90 Å². The van der Waals surface area contributed by atoms with Gasteiger partial charge in [-0.1, -0.05) is 12.5 Å². The Balaban J connectivity index is 0.000000644. The second kappa shape index (κ2) is 14.1. The average Bonchev–Trinajstić information content (AvgIpc) is 3.37. The van der Waals surface area contributed by atoms with E-state index < -0.39 is 29.9 Å². The maximum atomic E-state index is 13.2. The third-order valence-corrected chi connectivity index (χ3v) is 7.89. The summed E-state index contributed by atoms with van der Waals surface area (Å²) in [5.41, 5.74) is 2.34. The molecule has 3 aromatic heterocycles. The van der Waals surface area contributed by atoms with E-state index in [1.54, 1.807) is 24.4 Å². The van der Waals surface area contributed by atoms with Gasteiger partial charge in [0.05, 0.1) is 21.7 Å². The van der Waals surface area contributed by atoms with Gasteiger partial charge in [0.2, 0.25) is 5.91 Å². The lowest BCUT2D eigenvalue weighted by Gasteiger charge is -2.16. The summed E-state index contributed by atoms with van der Waals surface area (Å²) in [5, 5.41) is 22.9. The van der Waals surface area contributed by atoms with Crippen molar-refractivity contribution in [3.05, 3.63) is 82.1 Å². The largest absolute Gasteiger partial charge is 0.490 e. The molecule has 248 valence electrons. The van der Waals surface area contributed by atoms with Crippen LogP contribution in [0.25, 0.3) is 10.6 Å². The molecule has 0 saturated carbocycles. The van der Waals surface area contributed by atoms with E-state index in [1.807, 2.05) is 6.07 Å². The van der Waals surface area contributed by atoms with E-state index in [-0.39, 0.29) is 29.0 Å². The molecule has 0 saturated heterocycles. The van der Waals surface area contributed by atoms with Crippen LogP contribution in [0.3, 0.4) is 0 Å². The van der Waals surface area contributed by atoms with Crippen LogP contribution in [0.15, 0.2) is 54.9 Å². The lowest BCUT2D eigenvalue weighted by Crippen LogP contribution is -2.21. The number of carboxylic acid groups (broad SMARTS) is 2. The summed E-state index contributed by atoms with van der Waals surface area (Å²) in [5.74, 6) is -3.90. The Hall–Kier alpha value is -5.06. The van der Waals surface area contributed by atoms with Gasteiger partial charge in [-0.3, -0.25) is 4.79 Å². The number of carbonyl (C=O) groups is 3. The number of pyridine rings is 2. The molecule has 1 aromatic carbocycles. The number of aromatic carboxylic acids is 1. The number of amides is 1. The molecule has 17 heteroatoms.